The smallest absolute Gasteiger partial charge is 0.214 e. The normalized spacial score (nSPS) is 22.7. The summed E-state index contributed by atoms with van der Waals surface area (Å²) in [6.07, 6.45) is -0.748. The van der Waals surface area contributed by atoms with Crippen LogP contribution >= 0.6 is 0 Å². The van der Waals surface area contributed by atoms with Gasteiger partial charge in [0.05, 0.1) is 19.0 Å². The molecule has 1 aliphatic rings. The molecule has 0 spiro atoms. The highest BCUT2D eigenvalue weighted by Gasteiger charge is 2.35. The van der Waals surface area contributed by atoms with Crippen molar-refractivity contribution in [1.82, 2.24) is 9.21 Å². The minimum absolute atomic E-state index is 0.119. The van der Waals surface area contributed by atoms with Crippen LogP contribution in [0.4, 0.5) is 4.39 Å². The van der Waals surface area contributed by atoms with Crippen LogP contribution < -0.4 is 4.74 Å². The van der Waals surface area contributed by atoms with Gasteiger partial charge in [0, 0.05) is 45.2 Å². The number of benzene rings is 1. The average molecular weight is 346 g/mol. The Hall–Kier alpha value is -1.22. The molecule has 1 N–H and O–H groups in total. The molecule has 0 amide bonds. The van der Waals surface area contributed by atoms with E-state index in [0.717, 1.165) is 4.31 Å². The molecule has 1 aliphatic heterocycles. The third-order valence-corrected chi connectivity index (χ3v) is 6.10. The van der Waals surface area contributed by atoms with Gasteiger partial charge in [-0.15, -0.1) is 0 Å². The van der Waals surface area contributed by atoms with E-state index in [9.17, 15) is 17.9 Å². The monoisotopic (exact) mass is 346 g/mol. The number of halogens is 1. The molecule has 0 bridgehead atoms. The summed E-state index contributed by atoms with van der Waals surface area (Å²) in [7, 11) is 1.03. The second-order valence-corrected chi connectivity index (χ2v) is 8.23. The van der Waals surface area contributed by atoms with Crippen molar-refractivity contribution >= 4 is 10.0 Å². The Balaban J connectivity index is 2.08. The lowest BCUT2D eigenvalue weighted by Gasteiger charge is -2.19. The summed E-state index contributed by atoms with van der Waals surface area (Å²) < 4.78 is 44.3. The van der Waals surface area contributed by atoms with Gasteiger partial charge >= 0.3 is 0 Å². The molecule has 130 valence electrons. The zero-order chi connectivity index (χ0) is 17.2. The fraction of sp³-hybridized carbons (Fsp3) is 0.600. The van der Waals surface area contributed by atoms with E-state index in [1.165, 1.54) is 27.3 Å². The number of methoxy groups -OCH3 is 1. The Morgan fingerprint density at radius 2 is 2.09 bits per heavy atom. The number of likely N-dealkylation sites (tertiary alicyclic amines) is 1. The summed E-state index contributed by atoms with van der Waals surface area (Å²) in [5.74, 6) is -0.432. The second-order valence-electron chi connectivity index (χ2n) is 6.00. The van der Waals surface area contributed by atoms with Crippen molar-refractivity contribution < 1.29 is 22.7 Å². The van der Waals surface area contributed by atoms with E-state index in [4.69, 9.17) is 4.74 Å². The first kappa shape index (κ1) is 18.1. The maximum atomic E-state index is 14.0. The maximum Gasteiger partial charge on any atom is 0.214 e. The Labute approximate surface area is 136 Å². The number of aliphatic hydroxyl groups excluding tert-OH is 1. The molecule has 0 unspecified atom stereocenters. The predicted molar refractivity (Wildman–Crippen MR) is 85.2 cm³/mol. The molecule has 8 heteroatoms. The number of nitrogens with zero attached hydrogens (tertiary/aromatic N) is 2. The van der Waals surface area contributed by atoms with Gasteiger partial charge in [0.25, 0.3) is 0 Å². The van der Waals surface area contributed by atoms with Crippen LogP contribution in [-0.2, 0) is 16.6 Å². The van der Waals surface area contributed by atoms with Crippen LogP contribution in [0.25, 0.3) is 0 Å². The second kappa shape index (κ2) is 7.12. The Kier molecular flexibility index (Phi) is 5.61. The number of rotatable bonds is 6. The van der Waals surface area contributed by atoms with E-state index in [1.54, 1.807) is 12.1 Å². The van der Waals surface area contributed by atoms with Gasteiger partial charge in [-0.05, 0) is 12.1 Å². The molecule has 2 atom stereocenters. The zero-order valence-electron chi connectivity index (χ0n) is 13.6. The molecule has 0 aliphatic carbocycles. The quantitative estimate of drug-likeness (QED) is 0.813. The maximum absolute atomic E-state index is 14.0. The largest absolute Gasteiger partial charge is 0.496 e. The SMILES string of the molecule is COc1cccc(F)c1CN1C[C@@H](CS(=O)(=O)N(C)C)[C@H](O)C1. The minimum Gasteiger partial charge on any atom is -0.496 e. The third-order valence-electron chi connectivity index (χ3n) is 4.14. The Morgan fingerprint density at radius 1 is 1.39 bits per heavy atom. The molecular formula is C15H23FN2O4S. The van der Waals surface area contributed by atoms with Gasteiger partial charge in [-0.25, -0.2) is 17.1 Å². The number of aliphatic hydroxyl groups is 1. The van der Waals surface area contributed by atoms with Gasteiger partial charge < -0.3 is 9.84 Å². The Bertz CT molecular complexity index is 651. The third kappa shape index (κ3) is 4.20. The standard InChI is InChI=1S/C15H23FN2O4S/c1-17(2)23(20,21)10-11-7-18(9-14(11)19)8-12-13(16)5-4-6-15(12)22-3/h4-6,11,14,19H,7-10H2,1-3H3/t11-,14+/m0/s1. The number of hydrogen-bond acceptors (Lipinski definition) is 5. The van der Waals surface area contributed by atoms with Gasteiger partial charge in [0.1, 0.15) is 11.6 Å². The molecule has 23 heavy (non-hydrogen) atoms. The van der Waals surface area contributed by atoms with E-state index < -0.39 is 16.1 Å². The van der Waals surface area contributed by atoms with Gasteiger partial charge in [0.15, 0.2) is 0 Å². The van der Waals surface area contributed by atoms with Crippen LogP contribution in [-0.4, -0.2) is 68.9 Å². The summed E-state index contributed by atoms with van der Waals surface area (Å²) in [4.78, 5) is 1.85. The van der Waals surface area contributed by atoms with E-state index in [2.05, 4.69) is 0 Å². The predicted octanol–water partition coefficient (Wildman–Crippen LogP) is 0.518. The first-order valence-corrected chi connectivity index (χ1v) is 8.97. The number of hydrogen-bond donors (Lipinski definition) is 1. The minimum atomic E-state index is -3.38. The number of sulfonamides is 1. The van der Waals surface area contributed by atoms with E-state index in [1.807, 2.05) is 4.90 Å². The van der Waals surface area contributed by atoms with Gasteiger partial charge in [-0.2, -0.15) is 0 Å². The van der Waals surface area contributed by atoms with Crippen molar-refractivity contribution in [2.45, 2.75) is 12.6 Å². The summed E-state index contributed by atoms with van der Waals surface area (Å²) in [6.45, 7) is 0.974. The van der Waals surface area contributed by atoms with Crippen molar-refractivity contribution in [3.63, 3.8) is 0 Å². The number of β-amino-alcohol motifs (C(OH)–C–C–N with tert-alkyl or cyclic N) is 1. The molecule has 6 nitrogen and oxygen atoms in total. The molecule has 0 radical (unpaired) electrons. The molecule has 0 aromatic heterocycles. The van der Waals surface area contributed by atoms with Crippen LogP contribution in [0.5, 0.6) is 5.75 Å². The van der Waals surface area contributed by atoms with Crippen LogP contribution in [0, 0.1) is 11.7 Å². The van der Waals surface area contributed by atoms with Crippen molar-refractivity contribution in [2.75, 3.05) is 40.0 Å². The lowest BCUT2D eigenvalue weighted by molar-refractivity contribution is 0.147. The molecule has 1 aromatic carbocycles. The summed E-state index contributed by atoms with van der Waals surface area (Å²) in [5.41, 5.74) is 0.415. The number of ether oxygens (including phenoxy) is 1. The molecule has 2 rings (SSSR count). The van der Waals surface area contributed by atoms with Crippen LogP contribution in [0.2, 0.25) is 0 Å². The molecule has 1 heterocycles. The molecule has 1 aromatic rings. The summed E-state index contributed by atoms with van der Waals surface area (Å²) in [6, 6.07) is 4.61. The highest BCUT2D eigenvalue weighted by atomic mass is 32.2. The highest BCUT2D eigenvalue weighted by molar-refractivity contribution is 7.89. The van der Waals surface area contributed by atoms with Gasteiger partial charge in [0.2, 0.25) is 10.0 Å². The molecule has 0 saturated carbocycles. The van der Waals surface area contributed by atoms with Crippen LogP contribution in [0.15, 0.2) is 18.2 Å². The van der Waals surface area contributed by atoms with Gasteiger partial charge in [-0.1, -0.05) is 6.07 Å². The van der Waals surface area contributed by atoms with E-state index >= 15 is 0 Å². The zero-order valence-corrected chi connectivity index (χ0v) is 14.4. The first-order valence-electron chi connectivity index (χ1n) is 7.36. The molecular weight excluding hydrogens is 323 g/mol. The highest BCUT2D eigenvalue weighted by Crippen LogP contribution is 2.27. The van der Waals surface area contributed by atoms with E-state index in [0.29, 0.717) is 24.4 Å². The molecule has 1 fully saturated rings. The Morgan fingerprint density at radius 3 is 2.70 bits per heavy atom. The van der Waals surface area contributed by atoms with Crippen molar-refractivity contribution in [2.24, 2.45) is 5.92 Å². The molecule has 1 saturated heterocycles. The first-order chi connectivity index (χ1) is 10.7. The summed E-state index contributed by atoms with van der Waals surface area (Å²) >= 11 is 0. The van der Waals surface area contributed by atoms with Crippen molar-refractivity contribution in [3.8, 4) is 5.75 Å². The lowest BCUT2D eigenvalue weighted by atomic mass is 10.1. The fourth-order valence-electron chi connectivity index (χ4n) is 2.76. The van der Waals surface area contributed by atoms with Crippen LogP contribution in [0.1, 0.15) is 5.56 Å². The van der Waals surface area contributed by atoms with Crippen LogP contribution in [0.3, 0.4) is 0 Å². The van der Waals surface area contributed by atoms with Gasteiger partial charge in [-0.3, -0.25) is 4.90 Å². The van der Waals surface area contributed by atoms with Crippen molar-refractivity contribution in [1.29, 1.82) is 0 Å². The topological polar surface area (TPSA) is 70.1 Å². The fourth-order valence-corrected chi connectivity index (χ4v) is 3.93. The average Bonchev–Trinajstić information content (AvgIpc) is 2.80. The van der Waals surface area contributed by atoms with E-state index in [-0.39, 0.29) is 24.0 Å². The lowest BCUT2D eigenvalue weighted by Crippen LogP contribution is -2.33. The summed E-state index contributed by atoms with van der Waals surface area (Å²) in [5, 5.41) is 10.1. The van der Waals surface area contributed by atoms with Crippen molar-refractivity contribution in [3.05, 3.63) is 29.6 Å².